The summed E-state index contributed by atoms with van der Waals surface area (Å²) in [6.45, 7) is 0.112. The van der Waals surface area contributed by atoms with Gasteiger partial charge in [-0.1, -0.05) is 0 Å². The summed E-state index contributed by atoms with van der Waals surface area (Å²) >= 11 is 2.98. The summed E-state index contributed by atoms with van der Waals surface area (Å²) in [5, 5.41) is 2.82. The highest BCUT2D eigenvalue weighted by Crippen LogP contribution is 2.36. The van der Waals surface area contributed by atoms with Crippen molar-refractivity contribution in [2.24, 2.45) is 5.73 Å². The molecule has 0 spiro atoms. The number of ether oxygens (including phenoxy) is 2. The zero-order valence-corrected chi connectivity index (χ0v) is 15.5. The Morgan fingerprint density at radius 3 is 2.42 bits per heavy atom. The smallest absolute Gasteiger partial charge is 0.416 e. The van der Waals surface area contributed by atoms with Crippen LogP contribution in [0.2, 0.25) is 0 Å². The molecule has 0 saturated carbocycles. The highest BCUT2D eigenvalue weighted by molar-refractivity contribution is 9.10. The minimum Gasteiger partial charge on any atom is -0.497 e. The number of nitrogens with one attached hydrogen (secondary N) is 1. The molecule has 0 fully saturated rings. The molecule has 0 bridgehead atoms. The number of benzene rings is 2. The van der Waals surface area contributed by atoms with Crippen molar-refractivity contribution in [2.75, 3.05) is 19.5 Å². The Bertz CT molecular complexity index is 826. The molecule has 0 radical (unpaired) electrons. The van der Waals surface area contributed by atoms with E-state index in [2.05, 4.69) is 21.2 Å². The number of anilines is 1. The first-order valence-electron chi connectivity index (χ1n) is 7.32. The zero-order chi connectivity index (χ0) is 19.5. The molecule has 26 heavy (non-hydrogen) atoms. The third kappa shape index (κ3) is 4.40. The molecule has 9 heteroatoms. The number of primary amides is 1. The van der Waals surface area contributed by atoms with Crippen LogP contribution in [0.25, 0.3) is 0 Å². The van der Waals surface area contributed by atoms with Crippen molar-refractivity contribution in [1.82, 2.24) is 0 Å². The molecule has 2 rings (SSSR count). The second-order valence-electron chi connectivity index (χ2n) is 5.27. The van der Waals surface area contributed by atoms with Gasteiger partial charge in [-0.2, -0.15) is 13.2 Å². The van der Waals surface area contributed by atoms with Crippen LogP contribution >= 0.6 is 15.9 Å². The highest BCUT2D eigenvalue weighted by Gasteiger charge is 2.32. The van der Waals surface area contributed by atoms with Crippen molar-refractivity contribution in [2.45, 2.75) is 12.7 Å². The number of hydrogen-bond donors (Lipinski definition) is 2. The van der Waals surface area contributed by atoms with Gasteiger partial charge in [0.25, 0.3) is 5.91 Å². The number of alkyl halides is 3. The largest absolute Gasteiger partial charge is 0.497 e. The Morgan fingerprint density at radius 1 is 1.19 bits per heavy atom. The molecule has 2 aromatic carbocycles. The van der Waals surface area contributed by atoms with E-state index in [-0.39, 0.29) is 22.3 Å². The van der Waals surface area contributed by atoms with E-state index in [9.17, 15) is 18.0 Å². The van der Waals surface area contributed by atoms with Crippen LogP contribution in [0.15, 0.2) is 34.8 Å². The van der Waals surface area contributed by atoms with Crippen molar-refractivity contribution in [3.8, 4) is 11.5 Å². The molecule has 0 aliphatic rings. The second-order valence-corrected chi connectivity index (χ2v) is 6.13. The molecule has 0 unspecified atom stereocenters. The van der Waals surface area contributed by atoms with Gasteiger partial charge in [-0.25, -0.2) is 0 Å². The molecule has 3 N–H and O–H groups in total. The minimum absolute atomic E-state index is 0.0305. The Balaban J connectivity index is 2.39. The molecular weight excluding hydrogens is 417 g/mol. The van der Waals surface area contributed by atoms with Gasteiger partial charge in [0.1, 0.15) is 11.5 Å². The van der Waals surface area contributed by atoms with Crippen LogP contribution in [0.3, 0.4) is 0 Å². The van der Waals surface area contributed by atoms with Crippen LogP contribution < -0.4 is 20.5 Å². The average Bonchev–Trinajstić information content (AvgIpc) is 2.58. The van der Waals surface area contributed by atoms with Crippen molar-refractivity contribution in [1.29, 1.82) is 0 Å². The standard InChI is InChI=1S/C17H16BrF3N2O3/c1-25-11-4-3-9(14(7-11)26-2)8-23-13-6-10(17(19,20)21)5-12(18)15(13)16(22)24/h3-7,23H,8H2,1-2H3,(H2,22,24). The molecule has 5 nitrogen and oxygen atoms in total. The minimum atomic E-state index is -4.56. The summed E-state index contributed by atoms with van der Waals surface area (Å²) in [5.74, 6) is 0.212. The monoisotopic (exact) mass is 432 g/mol. The van der Waals surface area contributed by atoms with E-state index in [1.165, 1.54) is 14.2 Å². The first-order chi connectivity index (χ1) is 12.2. The maximum atomic E-state index is 13.0. The lowest BCUT2D eigenvalue weighted by Gasteiger charge is -2.17. The molecule has 0 aliphatic heterocycles. The normalized spacial score (nSPS) is 11.2. The van der Waals surface area contributed by atoms with Gasteiger partial charge < -0.3 is 20.5 Å². The number of carbonyl (C=O) groups excluding carboxylic acids is 1. The molecule has 0 atom stereocenters. The van der Waals surface area contributed by atoms with Crippen LogP contribution in [-0.4, -0.2) is 20.1 Å². The fourth-order valence-electron chi connectivity index (χ4n) is 2.35. The van der Waals surface area contributed by atoms with Crippen molar-refractivity contribution in [3.05, 3.63) is 51.5 Å². The Labute approximate surface area is 156 Å². The quantitative estimate of drug-likeness (QED) is 0.717. The maximum Gasteiger partial charge on any atom is 0.416 e. The number of halogens is 4. The molecule has 0 aliphatic carbocycles. The molecule has 2 aromatic rings. The SMILES string of the molecule is COc1ccc(CNc2cc(C(F)(F)F)cc(Br)c2C(N)=O)c(OC)c1. The zero-order valence-electron chi connectivity index (χ0n) is 13.9. The van der Waals surface area contributed by atoms with Gasteiger partial charge in [0.15, 0.2) is 0 Å². The first kappa shape index (κ1) is 19.9. The summed E-state index contributed by atoms with van der Waals surface area (Å²) in [5.41, 5.74) is 4.97. The number of rotatable bonds is 6. The number of nitrogens with two attached hydrogens (primary N) is 1. The number of hydrogen-bond acceptors (Lipinski definition) is 4. The summed E-state index contributed by atoms with van der Waals surface area (Å²) in [4.78, 5) is 11.7. The van der Waals surface area contributed by atoms with Gasteiger partial charge in [0.05, 0.1) is 25.3 Å². The van der Waals surface area contributed by atoms with Crippen LogP contribution in [0.4, 0.5) is 18.9 Å². The predicted molar refractivity (Wildman–Crippen MR) is 94.5 cm³/mol. The predicted octanol–water partition coefficient (Wildman–Crippen LogP) is 4.20. The molecule has 0 heterocycles. The topological polar surface area (TPSA) is 73.6 Å². The van der Waals surface area contributed by atoms with Gasteiger partial charge in [-0.3, -0.25) is 4.79 Å². The third-order valence-corrected chi connectivity index (χ3v) is 4.25. The second kappa shape index (κ2) is 7.86. The molecule has 140 valence electrons. The summed E-state index contributed by atoms with van der Waals surface area (Å²) in [6, 6.07) is 6.71. The number of carbonyl (C=O) groups is 1. The van der Waals surface area contributed by atoms with Gasteiger partial charge in [0.2, 0.25) is 0 Å². The van der Waals surface area contributed by atoms with E-state index in [4.69, 9.17) is 15.2 Å². The lowest BCUT2D eigenvalue weighted by Crippen LogP contribution is -2.17. The van der Waals surface area contributed by atoms with Gasteiger partial charge in [-0.15, -0.1) is 0 Å². The maximum absolute atomic E-state index is 13.0. The number of amides is 1. The van der Waals surface area contributed by atoms with E-state index in [0.29, 0.717) is 17.1 Å². The van der Waals surface area contributed by atoms with E-state index >= 15 is 0 Å². The van der Waals surface area contributed by atoms with E-state index < -0.39 is 17.6 Å². The Morgan fingerprint density at radius 2 is 1.88 bits per heavy atom. The van der Waals surface area contributed by atoms with Crippen LogP contribution in [-0.2, 0) is 12.7 Å². The van der Waals surface area contributed by atoms with Gasteiger partial charge in [0, 0.05) is 28.3 Å². The number of methoxy groups -OCH3 is 2. The fraction of sp³-hybridized carbons (Fsp3) is 0.235. The summed E-state index contributed by atoms with van der Waals surface area (Å²) in [7, 11) is 2.97. The Kier molecular flexibility index (Phi) is 6.01. The summed E-state index contributed by atoms with van der Waals surface area (Å²) in [6.07, 6.45) is -4.56. The average molecular weight is 433 g/mol. The van der Waals surface area contributed by atoms with E-state index in [0.717, 1.165) is 12.1 Å². The first-order valence-corrected chi connectivity index (χ1v) is 8.12. The lowest BCUT2D eigenvalue weighted by molar-refractivity contribution is -0.137. The third-order valence-electron chi connectivity index (χ3n) is 3.63. The summed E-state index contributed by atoms with van der Waals surface area (Å²) < 4.78 is 49.5. The molecule has 1 amide bonds. The van der Waals surface area contributed by atoms with Gasteiger partial charge in [-0.05, 0) is 40.2 Å². The molecule has 0 aromatic heterocycles. The molecule has 0 saturated heterocycles. The van der Waals surface area contributed by atoms with E-state index in [1.54, 1.807) is 18.2 Å². The van der Waals surface area contributed by atoms with Crippen molar-refractivity contribution >= 4 is 27.5 Å². The van der Waals surface area contributed by atoms with Crippen LogP contribution in [0.5, 0.6) is 11.5 Å². The Hall–Kier alpha value is -2.42. The highest BCUT2D eigenvalue weighted by atomic mass is 79.9. The fourth-order valence-corrected chi connectivity index (χ4v) is 3.00. The molecular formula is C17H16BrF3N2O3. The van der Waals surface area contributed by atoms with E-state index in [1.807, 2.05) is 0 Å². The van der Waals surface area contributed by atoms with Crippen LogP contribution in [0.1, 0.15) is 21.5 Å². The van der Waals surface area contributed by atoms with Crippen molar-refractivity contribution < 1.29 is 27.4 Å². The van der Waals surface area contributed by atoms with Crippen molar-refractivity contribution in [3.63, 3.8) is 0 Å². The van der Waals surface area contributed by atoms with Crippen LogP contribution in [0, 0.1) is 0 Å². The lowest BCUT2D eigenvalue weighted by atomic mass is 10.1. The van der Waals surface area contributed by atoms with Gasteiger partial charge >= 0.3 is 6.18 Å².